The molecule has 9 nitrogen and oxygen atoms in total. The Kier molecular flexibility index (Phi) is 62.8. The van der Waals surface area contributed by atoms with Crippen molar-refractivity contribution in [3.8, 4) is 0 Å². The predicted octanol–water partition coefficient (Wildman–Crippen LogP) is 5.87. The van der Waals surface area contributed by atoms with Crippen molar-refractivity contribution in [3.05, 3.63) is 100 Å². The van der Waals surface area contributed by atoms with Crippen molar-refractivity contribution in [2.24, 2.45) is 0 Å². The summed E-state index contributed by atoms with van der Waals surface area (Å²) in [6.07, 6.45) is 6.34. The van der Waals surface area contributed by atoms with Crippen LogP contribution in [0.4, 0.5) is 0 Å². The molecule has 1 aromatic rings. The van der Waals surface area contributed by atoms with Gasteiger partial charge in [0.15, 0.2) is 0 Å². The minimum atomic E-state index is -1.97. The van der Waals surface area contributed by atoms with E-state index in [4.69, 9.17) is 37.1 Å². The molecule has 0 atom stereocenters. The van der Waals surface area contributed by atoms with E-state index in [0.717, 1.165) is 5.76 Å². The van der Waals surface area contributed by atoms with Gasteiger partial charge in [0, 0.05) is 46.1 Å². The fourth-order valence-electron chi connectivity index (χ4n) is 3.61. The predicted molar refractivity (Wildman–Crippen MR) is 133 cm³/mol. The maximum atomic E-state index is 11.8. The van der Waals surface area contributed by atoms with Crippen LogP contribution in [0.1, 0.15) is 58.3 Å². The van der Waals surface area contributed by atoms with Crippen molar-refractivity contribution < 1.29 is 75.4 Å². The van der Waals surface area contributed by atoms with Crippen LogP contribution >= 0.6 is 0 Å². The molecule has 0 N–H and O–H groups in total. The smallest absolute Gasteiger partial charge is 0 e. The van der Waals surface area contributed by atoms with Gasteiger partial charge in [-0.3, -0.25) is 0 Å². The molecule has 12 heteroatoms. The van der Waals surface area contributed by atoms with Gasteiger partial charge in [0.25, 0.3) is 8.32 Å². The van der Waals surface area contributed by atoms with E-state index >= 15 is 0 Å². The Balaban J connectivity index is -0.000000107. The zero-order valence-corrected chi connectivity index (χ0v) is 26.2. The summed E-state index contributed by atoms with van der Waals surface area (Å²) in [5.74, 6) is 0.357. The minimum absolute atomic E-state index is 0. The van der Waals surface area contributed by atoms with Crippen LogP contribution < -0.4 is 0 Å². The van der Waals surface area contributed by atoms with Crippen molar-refractivity contribution in [1.82, 2.24) is 0 Å². The summed E-state index contributed by atoms with van der Waals surface area (Å²) in [6.45, 7) is 44.6. The van der Waals surface area contributed by atoms with E-state index in [0.29, 0.717) is 28.6 Å². The maximum absolute atomic E-state index is 11.8. The molecule has 0 fully saturated rings. The standard InChI is InChI=1S/C22H32O3Si.6CO.2Co/c1-17(2)26(18(3)4,19(5)6)25-20(7)13-11-12-16-24-22(23)21-14-9-8-10-15-21;6*1-2;;/h8-10,14-15,17-19H,7,13,16H2,1-6H3;;;;;;;;. The molecule has 1 aromatic carbocycles. The van der Waals surface area contributed by atoms with Gasteiger partial charge in [-0.25, -0.2) is 4.79 Å². The molecule has 0 bridgehead atoms. The Labute approximate surface area is 260 Å². The van der Waals surface area contributed by atoms with Crippen LogP contribution in [0.3, 0.4) is 0 Å². The number of hydrogen-bond donors (Lipinski definition) is 0. The monoisotopic (exact) mass is 658 g/mol. The van der Waals surface area contributed by atoms with Gasteiger partial charge in [0.05, 0.1) is 11.3 Å². The number of carbonyl (C=O) groups excluding carboxylic acids is 1. The number of allylic oxidation sites excluding steroid dienone is 1. The van der Waals surface area contributed by atoms with Crippen molar-refractivity contribution in [3.63, 3.8) is 0 Å². The Morgan fingerprint density at radius 1 is 0.750 bits per heavy atom. The molecule has 0 heterocycles. The SMILES string of the molecule is C=C(C[C]=[C]COC(=O)c1ccccc1)O[Si](C(C)C)(C(C)C)C(C)C.[C-]#[O+].[C-]#[O+].[C-]#[O+].[C-]#[O+].[C-]#[O+].[C-]#[O+].[Co].[Co]. The molecule has 1 rings (SSSR count). The Morgan fingerprint density at radius 3 is 1.43 bits per heavy atom. The first kappa shape index (κ1) is 57.5. The summed E-state index contributed by atoms with van der Waals surface area (Å²) in [6, 6.07) is 8.91. The number of carbonyl (C=O) groups is 1. The van der Waals surface area contributed by atoms with E-state index < -0.39 is 8.32 Å². The number of hydrogen-bond acceptors (Lipinski definition) is 3. The van der Waals surface area contributed by atoms with E-state index in [2.05, 4.69) is 100 Å². The van der Waals surface area contributed by atoms with Crippen LogP contribution in [0.5, 0.6) is 0 Å². The summed E-state index contributed by atoms with van der Waals surface area (Å²) in [5, 5.41) is 0. The average molecular weight is 659 g/mol. The minimum Gasteiger partial charge on any atom is 0 e. The van der Waals surface area contributed by atoms with E-state index in [9.17, 15) is 4.79 Å². The Hall–Kier alpha value is -2.36. The van der Waals surface area contributed by atoms with Gasteiger partial charge in [-0.2, -0.15) is 0 Å². The van der Waals surface area contributed by atoms with Gasteiger partial charge >= 0.3 is 73.8 Å². The Bertz CT molecular complexity index is 802. The number of esters is 1. The molecule has 0 aliphatic heterocycles. The summed E-state index contributed by atoms with van der Waals surface area (Å²) in [7, 11) is -1.97. The molecule has 0 spiro atoms. The van der Waals surface area contributed by atoms with Crippen LogP contribution in [-0.4, -0.2) is 20.9 Å². The summed E-state index contributed by atoms with van der Waals surface area (Å²) in [5.41, 5.74) is 2.03. The van der Waals surface area contributed by atoms with E-state index in [1.807, 2.05) is 6.07 Å². The molecular formula is C28H32Co2O9Si. The first-order valence-electron chi connectivity index (χ1n) is 10.5. The first-order chi connectivity index (χ1) is 18.2. The molecule has 40 heavy (non-hydrogen) atoms. The normalized spacial score (nSPS) is 8.22. The van der Waals surface area contributed by atoms with Crippen LogP contribution in [0.15, 0.2) is 42.7 Å². The van der Waals surface area contributed by atoms with Gasteiger partial charge in [0.2, 0.25) is 0 Å². The number of rotatable bonds is 10. The quantitative estimate of drug-likeness (QED) is 0.102. The van der Waals surface area contributed by atoms with Gasteiger partial charge in [-0.1, -0.05) is 66.3 Å². The molecule has 0 saturated carbocycles. The van der Waals surface area contributed by atoms with Crippen molar-refractivity contribution in [2.75, 3.05) is 6.61 Å². The second kappa shape index (κ2) is 43.7. The largest absolute Gasteiger partial charge is 0 e. The molecule has 0 aliphatic rings. The zero-order valence-electron chi connectivity index (χ0n) is 23.1. The second-order valence-corrected chi connectivity index (χ2v) is 12.8. The van der Waals surface area contributed by atoms with Gasteiger partial charge in [0.1, 0.15) is 6.61 Å². The molecule has 0 aliphatic carbocycles. The third-order valence-electron chi connectivity index (χ3n) is 4.72. The maximum Gasteiger partial charge on any atom is 0 e. The van der Waals surface area contributed by atoms with E-state index in [1.165, 1.54) is 0 Å². The van der Waals surface area contributed by atoms with Crippen molar-refractivity contribution in [2.45, 2.75) is 64.6 Å². The zero-order chi connectivity index (χ0) is 31.7. The van der Waals surface area contributed by atoms with Crippen LogP contribution in [0.25, 0.3) is 0 Å². The molecule has 0 aromatic heterocycles. The van der Waals surface area contributed by atoms with E-state index in [-0.39, 0.29) is 46.1 Å². The number of ether oxygens (including phenoxy) is 1. The average Bonchev–Trinajstić information content (AvgIpc) is 2.97. The number of benzene rings is 1. The first-order valence-corrected chi connectivity index (χ1v) is 12.6. The summed E-state index contributed by atoms with van der Waals surface area (Å²) >= 11 is 0. The summed E-state index contributed by atoms with van der Waals surface area (Å²) in [4.78, 5) is 11.8. The molecular weight excluding hydrogens is 626 g/mol. The van der Waals surface area contributed by atoms with Gasteiger partial charge in [-0.05, 0) is 34.8 Å². The van der Waals surface area contributed by atoms with Gasteiger partial charge < -0.3 is 9.16 Å². The van der Waals surface area contributed by atoms with Crippen LogP contribution in [-0.2, 0) is 70.6 Å². The third-order valence-corrected chi connectivity index (χ3v) is 10.8. The molecule has 0 unspecified atom stereocenters. The topological polar surface area (TPSA) is 155 Å². The van der Waals surface area contributed by atoms with E-state index in [1.54, 1.807) is 24.3 Å². The molecule has 220 valence electrons. The molecule has 4 radical (unpaired) electrons. The van der Waals surface area contributed by atoms with Crippen LogP contribution in [0, 0.1) is 52.1 Å². The van der Waals surface area contributed by atoms with Crippen LogP contribution in [0.2, 0.25) is 16.6 Å². The van der Waals surface area contributed by atoms with Crippen molar-refractivity contribution >= 4 is 14.3 Å². The van der Waals surface area contributed by atoms with Gasteiger partial charge in [-0.15, -0.1) is 0 Å². The molecule has 0 saturated heterocycles. The molecule has 0 amide bonds. The Morgan fingerprint density at radius 2 is 1.10 bits per heavy atom. The fourth-order valence-corrected chi connectivity index (χ4v) is 8.89. The summed E-state index contributed by atoms with van der Waals surface area (Å²) < 4.78 is 56.6. The third kappa shape index (κ3) is 25.9. The second-order valence-electron chi connectivity index (χ2n) is 7.43. The fraction of sp³-hybridized carbons (Fsp3) is 0.393. The van der Waals surface area contributed by atoms with Crippen molar-refractivity contribution in [1.29, 1.82) is 0 Å².